The summed E-state index contributed by atoms with van der Waals surface area (Å²) in [5, 5.41) is 0. The summed E-state index contributed by atoms with van der Waals surface area (Å²) in [5.41, 5.74) is 1.87. The quantitative estimate of drug-likeness (QED) is 0.638. The van der Waals surface area contributed by atoms with Crippen molar-refractivity contribution in [3.8, 4) is 22.9 Å². The van der Waals surface area contributed by atoms with Gasteiger partial charge in [0.25, 0.3) is 0 Å². The van der Waals surface area contributed by atoms with Crippen molar-refractivity contribution in [3.05, 3.63) is 60.7 Å². The van der Waals surface area contributed by atoms with E-state index in [0.717, 1.165) is 12.0 Å². The van der Waals surface area contributed by atoms with E-state index < -0.39 is 5.82 Å². The van der Waals surface area contributed by atoms with Gasteiger partial charge in [-0.3, -0.25) is 0 Å². The van der Waals surface area contributed by atoms with Crippen LogP contribution >= 0.6 is 0 Å². The zero-order valence-corrected chi connectivity index (χ0v) is 15.0. The summed E-state index contributed by atoms with van der Waals surface area (Å²) in [4.78, 5) is 16.1. The fourth-order valence-electron chi connectivity index (χ4n) is 3.66. The number of hydrogen-bond acceptors (Lipinski definition) is 5. The van der Waals surface area contributed by atoms with Gasteiger partial charge >= 0.3 is 6.01 Å². The standard InChI is InChI=1S/C21H21FN4O/c22-19-18(17-12-23-14-24-13-17)8-7-16(11-15-5-2-1-3-6-15)20(19)27-21-25-9-4-10-26-21/h4,7-10,12-15H,1-3,5-6,11H2. The summed E-state index contributed by atoms with van der Waals surface area (Å²) in [5.74, 6) is 0.335. The molecule has 0 saturated heterocycles. The van der Waals surface area contributed by atoms with Crippen LogP contribution in [0, 0.1) is 11.7 Å². The number of nitrogens with zero attached hydrogens (tertiary/aromatic N) is 4. The molecule has 1 saturated carbocycles. The molecule has 2 aromatic heterocycles. The average Bonchev–Trinajstić information content (AvgIpc) is 2.73. The molecule has 2 heterocycles. The van der Waals surface area contributed by atoms with Crippen LogP contribution in [0.15, 0.2) is 49.3 Å². The van der Waals surface area contributed by atoms with Gasteiger partial charge in [0.1, 0.15) is 6.33 Å². The highest BCUT2D eigenvalue weighted by Crippen LogP contribution is 2.37. The van der Waals surface area contributed by atoms with Crippen LogP contribution in [0.4, 0.5) is 4.39 Å². The average molecular weight is 364 g/mol. The number of ether oxygens (including phenoxy) is 1. The molecular weight excluding hydrogens is 343 g/mol. The minimum Gasteiger partial charge on any atom is -0.421 e. The Kier molecular flexibility index (Phi) is 5.32. The van der Waals surface area contributed by atoms with Crippen LogP contribution in [0.5, 0.6) is 11.8 Å². The van der Waals surface area contributed by atoms with Crippen LogP contribution in [-0.4, -0.2) is 19.9 Å². The van der Waals surface area contributed by atoms with E-state index in [0.29, 0.717) is 17.0 Å². The summed E-state index contributed by atoms with van der Waals surface area (Å²) >= 11 is 0. The number of halogens is 1. The predicted octanol–water partition coefficient (Wildman–Crippen LogP) is 4.99. The van der Waals surface area contributed by atoms with Gasteiger partial charge in [-0.05, 0) is 24.0 Å². The zero-order valence-electron chi connectivity index (χ0n) is 15.0. The zero-order chi connectivity index (χ0) is 18.5. The van der Waals surface area contributed by atoms with Crippen molar-refractivity contribution in [2.24, 2.45) is 5.92 Å². The first-order valence-electron chi connectivity index (χ1n) is 9.33. The largest absolute Gasteiger partial charge is 0.421 e. The third-order valence-corrected chi connectivity index (χ3v) is 5.02. The molecule has 0 aliphatic heterocycles. The third kappa shape index (κ3) is 4.10. The molecule has 0 bridgehead atoms. The highest BCUT2D eigenvalue weighted by atomic mass is 19.1. The summed E-state index contributed by atoms with van der Waals surface area (Å²) in [6.07, 6.45) is 14.7. The molecule has 6 heteroatoms. The van der Waals surface area contributed by atoms with E-state index in [2.05, 4.69) is 19.9 Å². The number of benzene rings is 1. The van der Waals surface area contributed by atoms with Crippen LogP contribution in [-0.2, 0) is 6.42 Å². The van der Waals surface area contributed by atoms with E-state index >= 15 is 4.39 Å². The van der Waals surface area contributed by atoms with E-state index in [1.54, 1.807) is 36.9 Å². The van der Waals surface area contributed by atoms with Gasteiger partial charge < -0.3 is 4.74 Å². The van der Waals surface area contributed by atoms with Gasteiger partial charge in [0, 0.05) is 35.9 Å². The molecule has 0 radical (unpaired) electrons. The molecule has 0 unspecified atom stereocenters. The Labute approximate surface area is 157 Å². The second-order valence-electron chi connectivity index (χ2n) is 6.88. The summed E-state index contributed by atoms with van der Waals surface area (Å²) in [6, 6.07) is 5.57. The van der Waals surface area contributed by atoms with Crippen molar-refractivity contribution in [3.63, 3.8) is 0 Å². The molecule has 1 aliphatic rings. The first-order chi connectivity index (χ1) is 13.3. The van der Waals surface area contributed by atoms with Gasteiger partial charge in [-0.1, -0.05) is 44.2 Å². The maximum absolute atomic E-state index is 15.4. The van der Waals surface area contributed by atoms with Gasteiger partial charge in [0.2, 0.25) is 0 Å². The molecule has 3 aromatic rings. The molecule has 0 spiro atoms. The molecule has 5 nitrogen and oxygen atoms in total. The fourth-order valence-corrected chi connectivity index (χ4v) is 3.66. The lowest BCUT2D eigenvalue weighted by Gasteiger charge is -2.23. The molecule has 0 amide bonds. The fraction of sp³-hybridized carbons (Fsp3) is 0.333. The smallest absolute Gasteiger partial charge is 0.321 e. The Bertz CT molecular complexity index is 883. The SMILES string of the molecule is Fc1c(-c2cncnc2)ccc(CC2CCCCC2)c1Oc1ncccn1. The Morgan fingerprint density at radius 2 is 1.74 bits per heavy atom. The van der Waals surface area contributed by atoms with E-state index in [1.165, 1.54) is 38.4 Å². The Balaban J connectivity index is 1.72. The van der Waals surface area contributed by atoms with Crippen LogP contribution < -0.4 is 4.74 Å². The Morgan fingerprint density at radius 1 is 1.00 bits per heavy atom. The molecule has 138 valence electrons. The normalized spacial score (nSPS) is 14.9. The van der Waals surface area contributed by atoms with Gasteiger partial charge in [-0.15, -0.1) is 0 Å². The number of hydrogen-bond donors (Lipinski definition) is 0. The molecule has 4 rings (SSSR count). The van der Waals surface area contributed by atoms with Crippen molar-refractivity contribution in [1.29, 1.82) is 0 Å². The van der Waals surface area contributed by atoms with Gasteiger partial charge in [0.15, 0.2) is 11.6 Å². The maximum Gasteiger partial charge on any atom is 0.321 e. The van der Waals surface area contributed by atoms with Crippen molar-refractivity contribution in [2.75, 3.05) is 0 Å². The van der Waals surface area contributed by atoms with Crippen molar-refractivity contribution < 1.29 is 9.13 Å². The van der Waals surface area contributed by atoms with Crippen LogP contribution in [0.1, 0.15) is 37.7 Å². The minimum atomic E-state index is -0.425. The maximum atomic E-state index is 15.4. The molecule has 1 aliphatic carbocycles. The van der Waals surface area contributed by atoms with E-state index in [1.807, 2.05) is 6.07 Å². The number of rotatable bonds is 5. The lowest BCUT2D eigenvalue weighted by molar-refractivity contribution is 0.347. The Morgan fingerprint density at radius 3 is 2.48 bits per heavy atom. The molecular formula is C21H21FN4O. The Hall–Kier alpha value is -2.89. The number of aromatic nitrogens is 4. The molecule has 1 fully saturated rings. The monoisotopic (exact) mass is 364 g/mol. The van der Waals surface area contributed by atoms with Crippen LogP contribution in [0.25, 0.3) is 11.1 Å². The van der Waals surface area contributed by atoms with Gasteiger partial charge in [-0.2, -0.15) is 0 Å². The topological polar surface area (TPSA) is 60.8 Å². The summed E-state index contributed by atoms with van der Waals surface area (Å²) in [6.45, 7) is 0. The van der Waals surface area contributed by atoms with Crippen molar-refractivity contribution >= 4 is 0 Å². The lowest BCUT2D eigenvalue weighted by Crippen LogP contribution is -2.11. The summed E-state index contributed by atoms with van der Waals surface area (Å²) in [7, 11) is 0. The highest BCUT2D eigenvalue weighted by Gasteiger charge is 2.22. The molecule has 0 N–H and O–H groups in total. The van der Waals surface area contributed by atoms with Crippen molar-refractivity contribution in [1.82, 2.24) is 19.9 Å². The highest BCUT2D eigenvalue weighted by molar-refractivity contribution is 5.66. The predicted molar refractivity (Wildman–Crippen MR) is 99.8 cm³/mol. The minimum absolute atomic E-state index is 0.141. The molecule has 27 heavy (non-hydrogen) atoms. The first-order valence-corrected chi connectivity index (χ1v) is 9.33. The molecule has 1 aromatic carbocycles. The second-order valence-corrected chi connectivity index (χ2v) is 6.88. The lowest BCUT2D eigenvalue weighted by atomic mass is 9.84. The third-order valence-electron chi connectivity index (χ3n) is 5.02. The summed E-state index contributed by atoms with van der Waals surface area (Å²) < 4.78 is 21.2. The first kappa shape index (κ1) is 17.5. The van der Waals surface area contributed by atoms with E-state index in [-0.39, 0.29) is 11.8 Å². The second kappa shape index (κ2) is 8.20. The van der Waals surface area contributed by atoms with Gasteiger partial charge in [0.05, 0.1) is 0 Å². The molecule has 0 atom stereocenters. The van der Waals surface area contributed by atoms with Crippen LogP contribution in [0.3, 0.4) is 0 Å². The van der Waals surface area contributed by atoms with E-state index in [4.69, 9.17) is 4.74 Å². The van der Waals surface area contributed by atoms with Gasteiger partial charge in [-0.25, -0.2) is 24.3 Å². The van der Waals surface area contributed by atoms with Crippen molar-refractivity contribution in [2.45, 2.75) is 38.5 Å². The van der Waals surface area contributed by atoms with Crippen LogP contribution in [0.2, 0.25) is 0 Å². The van der Waals surface area contributed by atoms with E-state index in [9.17, 15) is 0 Å².